The summed E-state index contributed by atoms with van der Waals surface area (Å²) in [4.78, 5) is 11.1. The Bertz CT molecular complexity index is 242. The molecule has 0 aromatic heterocycles. The second-order valence-corrected chi connectivity index (χ2v) is 5.64. The van der Waals surface area contributed by atoms with Crippen LogP contribution in [0.15, 0.2) is 0 Å². The Kier molecular flexibility index (Phi) is 5.95. The van der Waals surface area contributed by atoms with Gasteiger partial charge in [-0.05, 0) is 6.42 Å². The van der Waals surface area contributed by atoms with Crippen molar-refractivity contribution in [3.8, 4) is 0 Å². The van der Waals surface area contributed by atoms with Gasteiger partial charge in [-0.2, -0.15) is 0 Å². The van der Waals surface area contributed by atoms with Gasteiger partial charge in [0.05, 0.1) is 5.75 Å². The first kappa shape index (κ1) is 12.6. The minimum atomic E-state index is -2.97. The fourth-order valence-corrected chi connectivity index (χ4v) is 1.59. The van der Waals surface area contributed by atoms with Crippen LogP contribution in [0.4, 0.5) is 0 Å². The van der Waals surface area contributed by atoms with Crippen molar-refractivity contribution in [2.45, 2.75) is 39.0 Å². The van der Waals surface area contributed by atoms with E-state index in [9.17, 15) is 13.2 Å². The predicted octanol–water partition coefficient (Wildman–Crippen LogP) is 1.57. The molecule has 0 saturated carbocycles. The highest BCUT2D eigenvalue weighted by atomic mass is 32.2. The molecule has 0 aliphatic rings. The number of sulfone groups is 1. The van der Waals surface area contributed by atoms with Gasteiger partial charge in [0.1, 0.15) is 15.6 Å². The zero-order chi connectivity index (χ0) is 10.3. The molecule has 4 heteroatoms. The highest BCUT2D eigenvalue weighted by molar-refractivity contribution is 7.90. The second-order valence-electron chi connectivity index (χ2n) is 3.38. The predicted molar refractivity (Wildman–Crippen MR) is 53.5 cm³/mol. The van der Waals surface area contributed by atoms with Crippen LogP contribution in [0.5, 0.6) is 0 Å². The van der Waals surface area contributed by atoms with Crippen LogP contribution in [-0.4, -0.2) is 26.2 Å². The molecule has 0 saturated heterocycles. The fraction of sp³-hybridized carbons (Fsp3) is 0.889. The van der Waals surface area contributed by atoms with Crippen molar-refractivity contribution in [2.24, 2.45) is 0 Å². The molecule has 0 radical (unpaired) electrons. The summed E-state index contributed by atoms with van der Waals surface area (Å²) in [6.45, 7) is 2.07. The van der Waals surface area contributed by atoms with Crippen LogP contribution in [0.3, 0.4) is 0 Å². The Labute approximate surface area is 80.4 Å². The molecule has 78 valence electrons. The summed E-state index contributed by atoms with van der Waals surface area (Å²) in [6, 6.07) is 0. The van der Waals surface area contributed by atoms with Crippen molar-refractivity contribution in [3.63, 3.8) is 0 Å². The number of carbonyl (C=O) groups is 1. The standard InChI is InChI=1S/C9H18O3S/c1-3-4-5-6-9(10)7-8-13(2,11)12/h3-8H2,1-2H3. The molecule has 0 aromatic rings. The van der Waals surface area contributed by atoms with Gasteiger partial charge in [-0.1, -0.05) is 19.8 Å². The molecule has 0 heterocycles. The number of ketones is 1. The highest BCUT2D eigenvalue weighted by Crippen LogP contribution is 2.02. The Balaban J connectivity index is 3.53. The van der Waals surface area contributed by atoms with Gasteiger partial charge in [0, 0.05) is 19.1 Å². The van der Waals surface area contributed by atoms with E-state index < -0.39 is 9.84 Å². The molecule has 0 atom stereocenters. The number of unbranched alkanes of at least 4 members (excludes halogenated alkanes) is 2. The molecule has 0 bridgehead atoms. The third kappa shape index (κ3) is 9.53. The maximum absolute atomic E-state index is 11.1. The molecule has 13 heavy (non-hydrogen) atoms. The highest BCUT2D eigenvalue weighted by Gasteiger charge is 2.07. The van der Waals surface area contributed by atoms with E-state index in [0.717, 1.165) is 25.5 Å². The number of hydrogen-bond acceptors (Lipinski definition) is 3. The van der Waals surface area contributed by atoms with E-state index in [-0.39, 0.29) is 18.0 Å². The summed E-state index contributed by atoms with van der Waals surface area (Å²) in [5.74, 6) is 0.0664. The summed E-state index contributed by atoms with van der Waals surface area (Å²) in [6.07, 6.45) is 4.89. The zero-order valence-electron chi connectivity index (χ0n) is 8.38. The van der Waals surface area contributed by atoms with Gasteiger partial charge < -0.3 is 0 Å². The summed E-state index contributed by atoms with van der Waals surface area (Å²) in [7, 11) is -2.97. The third-order valence-corrected chi connectivity index (χ3v) is 2.76. The molecular weight excluding hydrogens is 188 g/mol. The van der Waals surface area contributed by atoms with E-state index in [1.54, 1.807) is 0 Å². The van der Waals surface area contributed by atoms with Crippen LogP contribution < -0.4 is 0 Å². The first-order valence-corrected chi connectivity index (χ1v) is 6.71. The van der Waals surface area contributed by atoms with Crippen LogP contribution >= 0.6 is 0 Å². The summed E-state index contributed by atoms with van der Waals surface area (Å²) in [5, 5.41) is 0. The topological polar surface area (TPSA) is 51.2 Å². The number of hydrogen-bond donors (Lipinski definition) is 0. The first-order valence-electron chi connectivity index (χ1n) is 4.65. The van der Waals surface area contributed by atoms with Crippen molar-refractivity contribution in [2.75, 3.05) is 12.0 Å². The lowest BCUT2D eigenvalue weighted by atomic mass is 10.1. The molecule has 0 aliphatic carbocycles. The molecular formula is C9H18O3S. The molecule has 3 nitrogen and oxygen atoms in total. The van der Waals surface area contributed by atoms with Crippen molar-refractivity contribution >= 4 is 15.6 Å². The molecule has 0 rings (SSSR count). The molecule has 0 N–H and O–H groups in total. The van der Waals surface area contributed by atoms with Crippen LogP contribution in [0, 0.1) is 0 Å². The van der Waals surface area contributed by atoms with Crippen LogP contribution in [0.2, 0.25) is 0 Å². The van der Waals surface area contributed by atoms with Gasteiger partial charge in [0.2, 0.25) is 0 Å². The molecule has 0 unspecified atom stereocenters. The van der Waals surface area contributed by atoms with E-state index in [4.69, 9.17) is 0 Å². The van der Waals surface area contributed by atoms with Crippen LogP contribution in [-0.2, 0) is 14.6 Å². The van der Waals surface area contributed by atoms with Crippen molar-refractivity contribution in [1.82, 2.24) is 0 Å². The molecule has 0 amide bonds. The minimum Gasteiger partial charge on any atom is -0.300 e. The molecule has 0 aromatic carbocycles. The Morgan fingerprint density at radius 3 is 2.23 bits per heavy atom. The molecule has 0 spiro atoms. The number of rotatable bonds is 7. The third-order valence-electron chi connectivity index (χ3n) is 1.81. The number of Topliss-reactive ketones (excluding diaryl/α,β-unsaturated/α-hetero) is 1. The maximum Gasteiger partial charge on any atom is 0.147 e. The SMILES string of the molecule is CCCCCC(=O)CCS(C)(=O)=O. The van der Waals surface area contributed by atoms with Gasteiger partial charge in [-0.25, -0.2) is 8.42 Å². The van der Waals surface area contributed by atoms with Crippen LogP contribution in [0.1, 0.15) is 39.0 Å². The van der Waals surface area contributed by atoms with Gasteiger partial charge in [-0.3, -0.25) is 4.79 Å². The molecule has 0 fully saturated rings. The van der Waals surface area contributed by atoms with Gasteiger partial charge in [0.25, 0.3) is 0 Å². The average Bonchev–Trinajstić information content (AvgIpc) is 2.00. The van der Waals surface area contributed by atoms with Crippen LogP contribution in [0.25, 0.3) is 0 Å². The minimum absolute atomic E-state index is 0.00203. The monoisotopic (exact) mass is 206 g/mol. The van der Waals surface area contributed by atoms with E-state index in [0.29, 0.717) is 6.42 Å². The smallest absolute Gasteiger partial charge is 0.147 e. The number of carbonyl (C=O) groups excluding carboxylic acids is 1. The summed E-state index contributed by atoms with van der Waals surface area (Å²) < 4.78 is 21.4. The lowest BCUT2D eigenvalue weighted by molar-refractivity contribution is -0.118. The van der Waals surface area contributed by atoms with Gasteiger partial charge in [-0.15, -0.1) is 0 Å². The second kappa shape index (κ2) is 6.13. The largest absolute Gasteiger partial charge is 0.300 e. The van der Waals surface area contributed by atoms with Crippen molar-refractivity contribution in [1.29, 1.82) is 0 Å². The summed E-state index contributed by atoms with van der Waals surface area (Å²) >= 11 is 0. The quantitative estimate of drug-likeness (QED) is 0.594. The van der Waals surface area contributed by atoms with E-state index in [1.807, 2.05) is 0 Å². The Hall–Kier alpha value is -0.380. The van der Waals surface area contributed by atoms with Gasteiger partial charge >= 0.3 is 0 Å². The lowest BCUT2D eigenvalue weighted by Gasteiger charge is -1.98. The van der Waals surface area contributed by atoms with E-state index in [1.165, 1.54) is 0 Å². The Morgan fingerprint density at radius 1 is 1.15 bits per heavy atom. The van der Waals surface area contributed by atoms with Crippen molar-refractivity contribution in [3.05, 3.63) is 0 Å². The van der Waals surface area contributed by atoms with E-state index in [2.05, 4.69) is 6.92 Å². The summed E-state index contributed by atoms with van der Waals surface area (Å²) in [5.41, 5.74) is 0. The lowest BCUT2D eigenvalue weighted by Crippen LogP contribution is -2.09. The average molecular weight is 206 g/mol. The van der Waals surface area contributed by atoms with Gasteiger partial charge in [0.15, 0.2) is 0 Å². The van der Waals surface area contributed by atoms with Crippen molar-refractivity contribution < 1.29 is 13.2 Å². The zero-order valence-corrected chi connectivity index (χ0v) is 9.19. The van der Waals surface area contributed by atoms with E-state index >= 15 is 0 Å². The maximum atomic E-state index is 11.1. The normalized spacial score (nSPS) is 11.5. The fourth-order valence-electron chi connectivity index (χ4n) is 0.996. The molecule has 0 aliphatic heterocycles. The Morgan fingerprint density at radius 2 is 1.77 bits per heavy atom. The first-order chi connectivity index (χ1) is 5.95.